The molecule has 1 amide bonds. The first-order valence-corrected chi connectivity index (χ1v) is 11.0. The van der Waals surface area contributed by atoms with E-state index in [0.717, 1.165) is 24.3 Å². The van der Waals surface area contributed by atoms with Crippen molar-refractivity contribution >= 4 is 17.4 Å². The highest BCUT2D eigenvalue weighted by molar-refractivity contribution is 6.07. The third kappa shape index (κ3) is 1.81. The van der Waals surface area contributed by atoms with E-state index in [-0.39, 0.29) is 47.4 Å². The minimum Gasteiger partial charge on any atom is -0.495 e. The van der Waals surface area contributed by atoms with Crippen LogP contribution in [-0.4, -0.2) is 74.3 Å². The van der Waals surface area contributed by atoms with Crippen LogP contribution in [0.2, 0.25) is 0 Å². The van der Waals surface area contributed by atoms with Crippen molar-refractivity contribution in [1.29, 1.82) is 0 Å². The van der Waals surface area contributed by atoms with E-state index in [9.17, 15) is 9.59 Å². The average molecular weight is 410 g/mol. The van der Waals surface area contributed by atoms with Crippen molar-refractivity contribution in [2.24, 2.45) is 11.8 Å². The van der Waals surface area contributed by atoms with Gasteiger partial charge < -0.3 is 24.0 Å². The third-order valence-electron chi connectivity index (χ3n) is 8.87. The predicted molar refractivity (Wildman–Crippen MR) is 107 cm³/mol. The van der Waals surface area contributed by atoms with Crippen molar-refractivity contribution in [1.82, 2.24) is 4.90 Å². The number of Topliss-reactive ketones (excluding diaryl/α,β-unsaturated/α-hetero) is 1. The Morgan fingerprint density at radius 1 is 1.23 bits per heavy atom. The Kier molecular flexibility index (Phi) is 3.21. The summed E-state index contributed by atoms with van der Waals surface area (Å²) in [6.07, 6.45) is 1.44. The van der Waals surface area contributed by atoms with Gasteiger partial charge in [0.15, 0.2) is 0 Å². The number of hydrogen-bond acceptors (Lipinski definition) is 6. The van der Waals surface area contributed by atoms with E-state index >= 15 is 0 Å². The predicted octanol–water partition coefficient (Wildman–Crippen LogP) is 1.13. The van der Waals surface area contributed by atoms with Crippen LogP contribution in [-0.2, 0) is 24.5 Å². The molecule has 1 aromatic rings. The van der Waals surface area contributed by atoms with Gasteiger partial charge in [-0.3, -0.25) is 9.59 Å². The highest BCUT2D eigenvalue weighted by atomic mass is 16.6. The monoisotopic (exact) mass is 410 g/mol. The van der Waals surface area contributed by atoms with Gasteiger partial charge in [-0.15, -0.1) is 0 Å². The number of amides is 1. The fraction of sp³-hybridized carbons (Fsp3) is 0.652. The van der Waals surface area contributed by atoms with Gasteiger partial charge in [0.05, 0.1) is 43.4 Å². The fourth-order valence-electron chi connectivity index (χ4n) is 7.67. The number of fused-ring (bicyclic) bond motifs is 6. The molecule has 2 spiro atoms. The Labute approximate surface area is 175 Å². The molecule has 7 nitrogen and oxygen atoms in total. The number of rotatable bonds is 1. The van der Waals surface area contributed by atoms with Crippen LogP contribution in [0.5, 0.6) is 5.75 Å². The van der Waals surface area contributed by atoms with Gasteiger partial charge in [0.1, 0.15) is 23.2 Å². The van der Waals surface area contributed by atoms with Crippen LogP contribution in [0.4, 0.5) is 5.69 Å². The Morgan fingerprint density at radius 3 is 2.93 bits per heavy atom. The van der Waals surface area contributed by atoms with Gasteiger partial charge in [-0.05, 0) is 31.6 Å². The number of carbonyl (C=O) groups is 2. The molecule has 1 aliphatic carbocycles. The van der Waals surface area contributed by atoms with Gasteiger partial charge in [-0.25, -0.2) is 0 Å². The zero-order valence-electron chi connectivity index (χ0n) is 17.3. The SMILES string of the molecule is COc1cccc2c1N1C(=O)C[C@H]3OC[C@H]4O[C@]45CN(C)CC[C@]24C(=O)C[C@@H]5[C@@H]3[C@H]14. The molecule has 0 N–H and O–H groups in total. The van der Waals surface area contributed by atoms with Crippen LogP contribution in [0.25, 0.3) is 0 Å². The number of hydrogen-bond donors (Lipinski definition) is 0. The summed E-state index contributed by atoms with van der Waals surface area (Å²) in [6.45, 7) is 2.14. The fourth-order valence-corrected chi connectivity index (χ4v) is 7.67. The van der Waals surface area contributed by atoms with E-state index in [1.165, 1.54) is 0 Å². The van der Waals surface area contributed by atoms with Crippen molar-refractivity contribution in [2.75, 3.05) is 38.8 Å². The largest absolute Gasteiger partial charge is 0.495 e. The van der Waals surface area contributed by atoms with Crippen molar-refractivity contribution in [3.8, 4) is 5.75 Å². The molecular weight excluding hydrogens is 384 g/mol. The van der Waals surface area contributed by atoms with Crippen LogP contribution in [0.3, 0.4) is 0 Å². The molecule has 0 unspecified atom stereocenters. The van der Waals surface area contributed by atoms with E-state index < -0.39 is 5.41 Å². The summed E-state index contributed by atoms with van der Waals surface area (Å²) in [7, 11) is 3.76. The van der Waals surface area contributed by atoms with Crippen molar-refractivity contribution < 1.29 is 23.8 Å². The molecule has 0 aromatic heterocycles. The summed E-state index contributed by atoms with van der Waals surface area (Å²) < 4.78 is 18.3. The molecule has 4 bridgehead atoms. The molecule has 7 atom stereocenters. The number of epoxide rings is 1. The van der Waals surface area contributed by atoms with Gasteiger partial charge in [-0.2, -0.15) is 0 Å². The van der Waals surface area contributed by atoms with Gasteiger partial charge in [0.2, 0.25) is 5.91 Å². The topological polar surface area (TPSA) is 71.6 Å². The Hall–Kier alpha value is -1.96. The van der Waals surface area contributed by atoms with Crippen LogP contribution in [0.15, 0.2) is 18.2 Å². The lowest BCUT2D eigenvalue weighted by Crippen LogP contribution is -2.67. The number of piperidine rings is 1. The highest BCUT2D eigenvalue weighted by Gasteiger charge is 2.75. The summed E-state index contributed by atoms with van der Waals surface area (Å²) in [5.41, 5.74) is 0.742. The standard InChI is InChI=1S/C23H26N2O5/c1-24-7-6-22-12-4-3-5-14(28-2)20(12)25-18(27)9-15-19(21(22)25)13(8-16(22)26)23(11-24)17(30-23)10-29-15/h3-5,13,15,17,19,21H,6-11H2,1-2H3/t13-,15-,17-,19+,21+,22-,23+/m1/s1. The number of methoxy groups -OCH3 is 1. The number of ether oxygens (including phenoxy) is 3. The molecule has 5 saturated heterocycles. The quantitative estimate of drug-likeness (QED) is 0.647. The summed E-state index contributed by atoms with van der Waals surface area (Å²) in [5, 5.41) is 0. The van der Waals surface area contributed by atoms with E-state index in [0.29, 0.717) is 31.6 Å². The Bertz CT molecular complexity index is 996. The number of likely N-dealkylation sites (N-methyl/N-ethyl adjacent to an activating group) is 1. The first-order valence-electron chi connectivity index (χ1n) is 11.0. The zero-order valence-corrected chi connectivity index (χ0v) is 17.3. The normalized spacial score (nSPS) is 45.8. The third-order valence-corrected chi connectivity index (χ3v) is 8.87. The van der Waals surface area contributed by atoms with Crippen molar-refractivity contribution in [3.05, 3.63) is 23.8 Å². The minimum atomic E-state index is -0.697. The number of para-hydroxylation sites is 1. The molecule has 7 heteroatoms. The lowest BCUT2D eigenvalue weighted by molar-refractivity contribution is -0.144. The molecule has 6 heterocycles. The first-order chi connectivity index (χ1) is 14.5. The Morgan fingerprint density at radius 2 is 2.10 bits per heavy atom. The highest BCUT2D eigenvalue weighted by Crippen LogP contribution is 2.65. The average Bonchev–Trinajstić information content (AvgIpc) is 3.33. The van der Waals surface area contributed by atoms with Gasteiger partial charge in [0, 0.05) is 24.8 Å². The minimum absolute atomic E-state index is 0.0239. The number of nitrogens with zero attached hydrogens (tertiary/aromatic N) is 2. The number of benzene rings is 1. The van der Waals surface area contributed by atoms with E-state index in [2.05, 4.69) is 11.9 Å². The Balaban J connectivity index is 1.53. The first kappa shape index (κ1) is 17.7. The van der Waals surface area contributed by atoms with Gasteiger partial charge in [-0.1, -0.05) is 12.1 Å². The second kappa shape index (κ2) is 5.44. The molecule has 6 aliphatic heterocycles. The summed E-state index contributed by atoms with van der Waals surface area (Å²) in [4.78, 5) is 31.8. The van der Waals surface area contributed by atoms with Crippen molar-refractivity contribution in [2.45, 2.75) is 48.5 Å². The van der Waals surface area contributed by atoms with E-state index in [1.54, 1.807) is 7.11 Å². The molecule has 30 heavy (non-hydrogen) atoms. The van der Waals surface area contributed by atoms with Crippen molar-refractivity contribution in [3.63, 3.8) is 0 Å². The number of carbonyl (C=O) groups excluding carboxylic acids is 2. The molecule has 6 fully saturated rings. The van der Waals surface area contributed by atoms with Crippen LogP contribution >= 0.6 is 0 Å². The number of ketones is 1. The molecular formula is C23H26N2O5. The van der Waals surface area contributed by atoms with Gasteiger partial charge in [0.25, 0.3) is 0 Å². The zero-order chi connectivity index (χ0) is 20.4. The molecule has 8 rings (SSSR count). The van der Waals surface area contributed by atoms with E-state index in [4.69, 9.17) is 14.2 Å². The smallest absolute Gasteiger partial charge is 0.230 e. The van der Waals surface area contributed by atoms with E-state index in [1.807, 2.05) is 23.1 Å². The molecule has 7 aliphatic rings. The van der Waals surface area contributed by atoms with Gasteiger partial charge >= 0.3 is 0 Å². The molecule has 1 saturated carbocycles. The maximum absolute atomic E-state index is 14.0. The lowest BCUT2D eigenvalue weighted by Gasteiger charge is -2.53. The lowest BCUT2D eigenvalue weighted by atomic mass is 9.54. The van der Waals surface area contributed by atoms with Crippen LogP contribution in [0, 0.1) is 11.8 Å². The maximum atomic E-state index is 14.0. The number of anilines is 1. The van der Waals surface area contributed by atoms with Crippen LogP contribution in [0.1, 0.15) is 24.8 Å². The van der Waals surface area contributed by atoms with Crippen LogP contribution < -0.4 is 9.64 Å². The summed E-state index contributed by atoms with van der Waals surface area (Å²) in [5.74, 6) is 1.15. The second-order valence-corrected chi connectivity index (χ2v) is 9.97. The molecule has 158 valence electrons. The molecule has 0 radical (unpaired) electrons. The summed E-state index contributed by atoms with van der Waals surface area (Å²) in [6, 6.07) is 5.67. The molecule has 1 aromatic carbocycles. The summed E-state index contributed by atoms with van der Waals surface area (Å²) >= 11 is 0. The second-order valence-electron chi connectivity index (χ2n) is 9.97. The maximum Gasteiger partial charge on any atom is 0.230 e.